The summed E-state index contributed by atoms with van der Waals surface area (Å²) in [6.07, 6.45) is 6.30. The van der Waals surface area contributed by atoms with Gasteiger partial charge in [0.1, 0.15) is 11.6 Å². The van der Waals surface area contributed by atoms with E-state index >= 15 is 4.39 Å². The van der Waals surface area contributed by atoms with Gasteiger partial charge in [-0.1, -0.05) is 79.9 Å². The molecule has 236 valence electrons. The summed E-state index contributed by atoms with van der Waals surface area (Å²) in [4.78, 5) is 25.2. The van der Waals surface area contributed by atoms with E-state index in [2.05, 4.69) is 28.8 Å². The van der Waals surface area contributed by atoms with Crippen molar-refractivity contribution in [1.82, 2.24) is 19.4 Å². The number of carbonyl (C=O) groups excluding carboxylic acids is 1. The summed E-state index contributed by atoms with van der Waals surface area (Å²) in [5.74, 6) is 0.171. The number of aliphatic hydroxyl groups is 1. The van der Waals surface area contributed by atoms with Gasteiger partial charge in [-0.3, -0.25) is 4.79 Å². The highest BCUT2D eigenvalue weighted by Gasteiger charge is 2.27. The summed E-state index contributed by atoms with van der Waals surface area (Å²) in [7, 11) is 0. The van der Waals surface area contributed by atoms with E-state index in [1.807, 2.05) is 66.7 Å². The first kappa shape index (κ1) is 29.5. The molecule has 0 bridgehead atoms. The molecule has 0 radical (unpaired) electrons. The molecule has 1 amide bonds. The lowest BCUT2D eigenvalue weighted by molar-refractivity contribution is 0.0546. The van der Waals surface area contributed by atoms with Gasteiger partial charge >= 0.3 is 0 Å². The molecule has 8 rings (SSSR count). The number of benzene rings is 4. The number of halogens is 1. The standard InChI is InChI=1S/C40H37FN4O2/c41-34-25-36-27(15-17-35(42-36)32-14-8-7-13-31(32)26-9-3-1-4-10-26)23-33(34)39-43-37-24-28(40(47)44-21-19-30(46)20-22-44)16-18-38(37)45(39)29-11-5-2-6-12-29/h1,3-4,7-10,13-18,23-25,29-30,46H,2,5-6,11-12,19-22H2. The summed E-state index contributed by atoms with van der Waals surface area (Å²) < 4.78 is 18.5. The van der Waals surface area contributed by atoms with E-state index in [0.717, 1.165) is 59.0 Å². The highest BCUT2D eigenvalue weighted by atomic mass is 19.1. The van der Waals surface area contributed by atoms with Crippen LogP contribution in [0.25, 0.3) is 55.7 Å². The van der Waals surface area contributed by atoms with Crippen molar-refractivity contribution < 1.29 is 14.3 Å². The van der Waals surface area contributed by atoms with Crippen LogP contribution in [0.1, 0.15) is 61.3 Å². The van der Waals surface area contributed by atoms with Crippen molar-refractivity contribution in [2.24, 2.45) is 0 Å². The highest BCUT2D eigenvalue weighted by Crippen LogP contribution is 2.39. The maximum atomic E-state index is 16.3. The first-order valence-corrected chi connectivity index (χ1v) is 16.8. The first-order valence-electron chi connectivity index (χ1n) is 16.8. The number of imidazole rings is 1. The molecule has 47 heavy (non-hydrogen) atoms. The lowest BCUT2D eigenvalue weighted by Crippen LogP contribution is -2.40. The second kappa shape index (κ2) is 12.4. The number of likely N-dealkylation sites (tertiary alicyclic amines) is 1. The van der Waals surface area contributed by atoms with Gasteiger partial charge in [-0.25, -0.2) is 14.4 Å². The predicted molar refractivity (Wildman–Crippen MR) is 185 cm³/mol. The molecule has 0 unspecified atom stereocenters. The number of nitrogens with zero attached hydrogens (tertiary/aromatic N) is 4. The van der Waals surface area contributed by atoms with Crippen LogP contribution >= 0.6 is 0 Å². The normalized spacial score (nSPS) is 16.3. The zero-order valence-electron chi connectivity index (χ0n) is 26.3. The molecule has 0 atom stereocenters. The molecule has 3 heterocycles. The Morgan fingerprint density at radius 1 is 0.723 bits per heavy atom. The molecule has 2 aromatic heterocycles. The number of rotatable bonds is 5. The number of hydrogen-bond acceptors (Lipinski definition) is 4. The van der Waals surface area contributed by atoms with E-state index < -0.39 is 0 Å². The maximum absolute atomic E-state index is 16.3. The van der Waals surface area contributed by atoms with Crippen LogP contribution in [-0.4, -0.2) is 49.6 Å². The van der Waals surface area contributed by atoms with Gasteiger partial charge in [0.15, 0.2) is 0 Å². The molecule has 1 saturated heterocycles. The van der Waals surface area contributed by atoms with Crippen LogP contribution in [0.3, 0.4) is 0 Å². The molecule has 0 spiro atoms. The molecule has 2 aliphatic rings. The second-order valence-corrected chi connectivity index (χ2v) is 13.0. The smallest absolute Gasteiger partial charge is 0.253 e. The van der Waals surface area contributed by atoms with E-state index in [1.165, 1.54) is 12.5 Å². The molecule has 2 fully saturated rings. The minimum Gasteiger partial charge on any atom is -0.393 e. The van der Waals surface area contributed by atoms with Gasteiger partial charge in [-0.15, -0.1) is 0 Å². The molecule has 1 saturated carbocycles. The molecule has 6 aromatic rings. The number of fused-ring (bicyclic) bond motifs is 2. The van der Waals surface area contributed by atoms with Gasteiger partial charge in [0.2, 0.25) is 0 Å². The molecular formula is C40H37FN4O2. The number of hydrogen-bond donors (Lipinski definition) is 1. The summed E-state index contributed by atoms with van der Waals surface area (Å²) in [6, 6.07) is 31.7. The van der Waals surface area contributed by atoms with E-state index in [4.69, 9.17) is 9.97 Å². The van der Waals surface area contributed by atoms with Crippen molar-refractivity contribution in [3.63, 3.8) is 0 Å². The number of pyridine rings is 1. The number of amides is 1. The number of carbonyl (C=O) groups is 1. The monoisotopic (exact) mass is 624 g/mol. The molecule has 1 aliphatic carbocycles. The molecule has 1 N–H and O–H groups in total. The fraction of sp³-hybridized carbons (Fsp3) is 0.275. The van der Waals surface area contributed by atoms with Gasteiger partial charge in [-0.05, 0) is 67.1 Å². The second-order valence-electron chi connectivity index (χ2n) is 13.0. The van der Waals surface area contributed by atoms with Gasteiger partial charge in [-0.2, -0.15) is 0 Å². The topological polar surface area (TPSA) is 71.2 Å². The Bertz CT molecular complexity index is 2090. The van der Waals surface area contributed by atoms with Crippen molar-refractivity contribution in [2.75, 3.05) is 13.1 Å². The van der Waals surface area contributed by atoms with Crippen LogP contribution in [0, 0.1) is 5.82 Å². The first-order chi connectivity index (χ1) is 23.0. The average Bonchev–Trinajstić information content (AvgIpc) is 3.50. The fourth-order valence-corrected chi connectivity index (χ4v) is 7.43. The third-order valence-corrected chi connectivity index (χ3v) is 9.93. The van der Waals surface area contributed by atoms with E-state index in [0.29, 0.717) is 53.9 Å². The van der Waals surface area contributed by atoms with Crippen molar-refractivity contribution in [3.05, 3.63) is 108 Å². The maximum Gasteiger partial charge on any atom is 0.253 e. The average molecular weight is 625 g/mol. The van der Waals surface area contributed by atoms with Crippen LogP contribution in [-0.2, 0) is 0 Å². The summed E-state index contributed by atoms with van der Waals surface area (Å²) in [5, 5.41) is 10.7. The van der Waals surface area contributed by atoms with Crippen LogP contribution in [0.4, 0.5) is 4.39 Å². The number of piperidine rings is 1. The lowest BCUT2D eigenvalue weighted by Gasteiger charge is -2.29. The van der Waals surface area contributed by atoms with Crippen molar-refractivity contribution in [2.45, 2.75) is 57.1 Å². The van der Waals surface area contributed by atoms with Crippen molar-refractivity contribution in [1.29, 1.82) is 0 Å². The fourth-order valence-electron chi connectivity index (χ4n) is 7.43. The molecule has 1 aliphatic heterocycles. The summed E-state index contributed by atoms with van der Waals surface area (Å²) >= 11 is 0. The van der Waals surface area contributed by atoms with E-state index in [9.17, 15) is 9.90 Å². The Morgan fingerprint density at radius 2 is 1.47 bits per heavy atom. The molecule has 6 nitrogen and oxygen atoms in total. The summed E-state index contributed by atoms with van der Waals surface area (Å²) in [5.41, 5.74) is 7.18. The molecular weight excluding hydrogens is 587 g/mol. The van der Waals surface area contributed by atoms with Crippen LogP contribution in [0.15, 0.2) is 97.1 Å². The zero-order valence-corrected chi connectivity index (χ0v) is 26.3. The quantitative estimate of drug-likeness (QED) is 0.208. The third kappa shape index (κ3) is 5.59. The minimum atomic E-state index is -0.367. The SMILES string of the molecule is O=C(c1ccc2c(c1)nc(-c1cc3ccc(-c4ccccc4-c4ccccc4)nc3cc1F)n2C1CCCCC1)N1CCC(O)CC1. The molecule has 7 heteroatoms. The Labute approximate surface area is 273 Å². The zero-order chi connectivity index (χ0) is 31.9. The van der Waals surface area contributed by atoms with Gasteiger partial charge in [0.05, 0.1) is 33.9 Å². The number of aromatic nitrogens is 3. The van der Waals surface area contributed by atoms with Crippen molar-refractivity contribution >= 4 is 27.8 Å². The Balaban J connectivity index is 1.20. The van der Waals surface area contributed by atoms with Gasteiger partial charge in [0, 0.05) is 41.7 Å². The highest BCUT2D eigenvalue weighted by molar-refractivity contribution is 5.98. The third-order valence-electron chi connectivity index (χ3n) is 9.93. The molecule has 4 aromatic carbocycles. The van der Waals surface area contributed by atoms with Gasteiger partial charge in [0.25, 0.3) is 5.91 Å². The lowest BCUT2D eigenvalue weighted by atomic mass is 9.94. The minimum absolute atomic E-state index is 0.0554. The van der Waals surface area contributed by atoms with Gasteiger partial charge < -0.3 is 14.6 Å². The number of aliphatic hydroxyl groups excluding tert-OH is 1. The Kier molecular flexibility index (Phi) is 7.77. The summed E-state index contributed by atoms with van der Waals surface area (Å²) in [6.45, 7) is 1.07. The Hall–Kier alpha value is -4.88. The predicted octanol–water partition coefficient (Wildman–Crippen LogP) is 8.83. The van der Waals surface area contributed by atoms with Crippen LogP contribution in [0.5, 0.6) is 0 Å². The largest absolute Gasteiger partial charge is 0.393 e. The van der Waals surface area contributed by atoms with Crippen molar-refractivity contribution in [3.8, 4) is 33.8 Å². The van der Waals surface area contributed by atoms with Crippen LogP contribution < -0.4 is 0 Å². The van der Waals surface area contributed by atoms with Crippen LogP contribution in [0.2, 0.25) is 0 Å². The van der Waals surface area contributed by atoms with E-state index in [-0.39, 0.29) is 23.9 Å². The van der Waals surface area contributed by atoms with E-state index in [1.54, 1.807) is 4.90 Å². The Morgan fingerprint density at radius 3 is 2.26 bits per heavy atom.